The van der Waals surface area contributed by atoms with E-state index in [0.717, 1.165) is 0 Å². The molecule has 0 atom stereocenters. The van der Waals surface area contributed by atoms with Crippen LogP contribution in [0.3, 0.4) is 0 Å². The van der Waals surface area contributed by atoms with Crippen molar-refractivity contribution in [1.82, 2.24) is 4.98 Å². The average molecular weight is 298 g/mol. The minimum atomic E-state index is -0.638. The molecule has 2 aromatic rings. The lowest BCUT2D eigenvalue weighted by molar-refractivity contribution is 0.0593. The zero-order chi connectivity index (χ0) is 14.9. The second-order valence-corrected chi connectivity index (χ2v) is 4.82. The molecule has 0 radical (unpaired) electrons. The fourth-order valence-electron chi connectivity index (χ4n) is 1.79. The Labute approximate surface area is 120 Å². The van der Waals surface area contributed by atoms with E-state index in [9.17, 15) is 9.18 Å². The molecule has 6 heteroatoms. The Hall–Kier alpha value is -1.88. The molecule has 0 N–H and O–H groups in total. The first-order chi connectivity index (χ1) is 9.43. The van der Waals surface area contributed by atoms with E-state index in [1.807, 2.05) is 0 Å². The largest absolute Gasteiger partial charge is 0.490 e. The Morgan fingerprint density at radius 1 is 1.40 bits per heavy atom. The van der Waals surface area contributed by atoms with Crippen molar-refractivity contribution in [2.24, 2.45) is 0 Å². The highest BCUT2D eigenvalue weighted by atomic mass is 35.5. The normalized spacial score (nSPS) is 10.9. The van der Waals surface area contributed by atoms with Crippen molar-refractivity contribution in [1.29, 1.82) is 0 Å². The molecule has 0 saturated heterocycles. The summed E-state index contributed by atoms with van der Waals surface area (Å²) < 4.78 is 24.2. The van der Waals surface area contributed by atoms with Gasteiger partial charge in [-0.05, 0) is 26.0 Å². The smallest absolute Gasteiger partial charge is 0.356 e. The number of aromatic nitrogens is 1. The van der Waals surface area contributed by atoms with E-state index in [0.29, 0.717) is 0 Å². The predicted molar refractivity (Wildman–Crippen MR) is 73.8 cm³/mol. The third kappa shape index (κ3) is 2.67. The number of carbonyl (C=O) groups excluding carboxylic acids is 1. The molecular formula is C14H13ClFNO3. The van der Waals surface area contributed by atoms with Gasteiger partial charge in [-0.1, -0.05) is 11.6 Å². The molecule has 106 valence electrons. The maximum atomic E-state index is 14.0. The number of halogens is 2. The Morgan fingerprint density at radius 3 is 2.70 bits per heavy atom. The highest BCUT2D eigenvalue weighted by Gasteiger charge is 2.18. The maximum absolute atomic E-state index is 14.0. The summed E-state index contributed by atoms with van der Waals surface area (Å²) in [5.74, 6) is -0.935. The minimum absolute atomic E-state index is 0.0168. The molecule has 0 aliphatic rings. The van der Waals surface area contributed by atoms with E-state index < -0.39 is 11.8 Å². The van der Waals surface area contributed by atoms with Crippen molar-refractivity contribution in [3.63, 3.8) is 0 Å². The summed E-state index contributed by atoms with van der Waals surface area (Å²) in [6.07, 6.45) is -0.190. The molecular weight excluding hydrogens is 285 g/mol. The van der Waals surface area contributed by atoms with Gasteiger partial charge in [0.25, 0.3) is 0 Å². The molecule has 0 unspecified atom stereocenters. The summed E-state index contributed by atoms with van der Waals surface area (Å²) in [6.45, 7) is 3.60. The molecule has 20 heavy (non-hydrogen) atoms. The zero-order valence-electron chi connectivity index (χ0n) is 11.2. The second kappa shape index (κ2) is 5.63. The lowest BCUT2D eigenvalue weighted by atomic mass is 10.1. The van der Waals surface area contributed by atoms with Gasteiger partial charge in [0, 0.05) is 6.07 Å². The van der Waals surface area contributed by atoms with Gasteiger partial charge in [0.2, 0.25) is 0 Å². The van der Waals surface area contributed by atoms with Crippen molar-refractivity contribution < 1.29 is 18.7 Å². The van der Waals surface area contributed by atoms with E-state index in [4.69, 9.17) is 16.3 Å². The van der Waals surface area contributed by atoms with Crippen molar-refractivity contribution in [3.05, 3.63) is 34.7 Å². The van der Waals surface area contributed by atoms with Crippen LogP contribution in [0, 0.1) is 5.82 Å². The number of pyridine rings is 1. The zero-order valence-corrected chi connectivity index (χ0v) is 12.0. The molecule has 2 rings (SSSR count). The van der Waals surface area contributed by atoms with Crippen molar-refractivity contribution in [2.75, 3.05) is 7.11 Å². The van der Waals surface area contributed by atoms with Gasteiger partial charge < -0.3 is 9.47 Å². The molecule has 1 aromatic heterocycles. The number of fused-ring (bicyclic) bond motifs is 1. The molecule has 1 heterocycles. The number of hydrogen-bond donors (Lipinski definition) is 0. The average Bonchev–Trinajstić information content (AvgIpc) is 2.41. The van der Waals surface area contributed by atoms with Gasteiger partial charge >= 0.3 is 5.97 Å². The second-order valence-electron chi connectivity index (χ2n) is 4.42. The summed E-state index contributed by atoms with van der Waals surface area (Å²) in [5.41, 5.74) is 0.188. The van der Waals surface area contributed by atoms with Gasteiger partial charge in [-0.3, -0.25) is 0 Å². The monoisotopic (exact) mass is 297 g/mol. The predicted octanol–water partition coefficient (Wildman–Crippen LogP) is 3.60. The van der Waals surface area contributed by atoms with E-state index in [-0.39, 0.29) is 33.5 Å². The van der Waals surface area contributed by atoms with Crippen LogP contribution in [0.5, 0.6) is 5.75 Å². The van der Waals surface area contributed by atoms with Gasteiger partial charge in [-0.2, -0.15) is 0 Å². The molecule has 0 aliphatic heterocycles. The summed E-state index contributed by atoms with van der Waals surface area (Å²) in [6, 6.07) is 3.97. The van der Waals surface area contributed by atoms with Crippen molar-refractivity contribution in [3.8, 4) is 5.75 Å². The SMILES string of the molecule is COC(=O)c1cc(OC(C)C)c2c(F)ccc(Cl)c2n1. The number of nitrogens with zero attached hydrogens (tertiary/aromatic N) is 1. The summed E-state index contributed by atoms with van der Waals surface area (Å²) in [5, 5.41) is 0.389. The Balaban J connectivity index is 2.77. The summed E-state index contributed by atoms with van der Waals surface area (Å²) in [7, 11) is 1.24. The lowest BCUT2D eigenvalue weighted by Gasteiger charge is -2.14. The van der Waals surface area contributed by atoms with E-state index in [2.05, 4.69) is 9.72 Å². The van der Waals surface area contributed by atoms with Crippen molar-refractivity contribution in [2.45, 2.75) is 20.0 Å². The molecule has 0 aliphatic carbocycles. The maximum Gasteiger partial charge on any atom is 0.356 e. The van der Waals surface area contributed by atoms with Crippen LogP contribution in [0.2, 0.25) is 5.02 Å². The van der Waals surface area contributed by atoms with Crippen LogP contribution in [-0.4, -0.2) is 24.2 Å². The number of esters is 1. The molecule has 1 aromatic carbocycles. The summed E-state index contributed by atoms with van der Waals surface area (Å²) in [4.78, 5) is 15.7. The van der Waals surface area contributed by atoms with Gasteiger partial charge in [-0.25, -0.2) is 14.2 Å². The minimum Gasteiger partial charge on any atom is -0.490 e. The topological polar surface area (TPSA) is 48.4 Å². The molecule has 4 nitrogen and oxygen atoms in total. The van der Waals surface area contributed by atoms with E-state index >= 15 is 0 Å². The Kier molecular flexibility index (Phi) is 4.09. The lowest BCUT2D eigenvalue weighted by Crippen LogP contribution is -2.10. The Morgan fingerprint density at radius 2 is 2.10 bits per heavy atom. The van der Waals surface area contributed by atoms with E-state index in [1.165, 1.54) is 25.3 Å². The van der Waals surface area contributed by atoms with Gasteiger partial charge in [0.05, 0.1) is 29.1 Å². The molecule has 0 saturated carbocycles. The Bertz CT molecular complexity index is 673. The fraction of sp³-hybridized carbons (Fsp3) is 0.286. The van der Waals surface area contributed by atoms with Gasteiger partial charge in [0.1, 0.15) is 11.6 Å². The standard InChI is InChI=1S/C14H13ClFNO3/c1-7(2)20-11-6-10(14(18)19-3)17-13-8(15)4-5-9(16)12(11)13/h4-7H,1-3H3. The third-order valence-corrected chi connectivity index (χ3v) is 2.89. The van der Waals surface area contributed by atoms with Gasteiger partial charge in [-0.15, -0.1) is 0 Å². The number of methoxy groups -OCH3 is 1. The van der Waals surface area contributed by atoms with Gasteiger partial charge in [0.15, 0.2) is 5.69 Å². The van der Waals surface area contributed by atoms with Crippen LogP contribution < -0.4 is 4.74 Å². The molecule has 0 bridgehead atoms. The highest BCUT2D eigenvalue weighted by Crippen LogP contribution is 2.33. The van der Waals surface area contributed by atoms with Crippen molar-refractivity contribution >= 4 is 28.5 Å². The van der Waals surface area contributed by atoms with Crippen LogP contribution >= 0.6 is 11.6 Å². The van der Waals surface area contributed by atoms with Crippen LogP contribution in [-0.2, 0) is 4.74 Å². The third-order valence-electron chi connectivity index (χ3n) is 2.58. The number of rotatable bonds is 3. The quantitative estimate of drug-likeness (QED) is 0.812. The van der Waals surface area contributed by atoms with Crippen LogP contribution in [0.15, 0.2) is 18.2 Å². The highest BCUT2D eigenvalue weighted by molar-refractivity contribution is 6.35. The summed E-state index contributed by atoms with van der Waals surface area (Å²) >= 11 is 6.02. The number of ether oxygens (including phenoxy) is 2. The van der Waals surface area contributed by atoms with Crippen LogP contribution in [0.1, 0.15) is 24.3 Å². The first-order valence-corrected chi connectivity index (χ1v) is 6.35. The number of benzene rings is 1. The molecule has 0 amide bonds. The molecule has 0 fully saturated rings. The van der Waals surface area contributed by atoms with E-state index in [1.54, 1.807) is 13.8 Å². The fourth-order valence-corrected chi connectivity index (χ4v) is 1.99. The number of carbonyl (C=O) groups is 1. The molecule has 0 spiro atoms. The first-order valence-electron chi connectivity index (χ1n) is 5.97. The van der Waals surface area contributed by atoms with Crippen LogP contribution in [0.4, 0.5) is 4.39 Å². The van der Waals surface area contributed by atoms with Crippen LogP contribution in [0.25, 0.3) is 10.9 Å². The number of hydrogen-bond acceptors (Lipinski definition) is 4. The first kappa shape index (κ1) is 14.5.